The van der Waals surface area contributed by atoms with E-state index < -0.39 is 0 Å². The highest BCUT2D eigenvalue weighted by Gasteiger charge is 2.12. The summed E-state index contributed by atoms with van der Waals surface area (Å²) in [7, 11) is 0. The van der Waals surface area contributed by atoms with Gasteiger partial charge in [-0.3, -0.25) is 9.48 Å². The molecule has 0 fully saturated rings. The fourth-order valence-electron chi connectivity index (χ4n) is 1.59. The Kier molecular flexibility index (Phi) is 5.34. The number of hydrogen-bond acceptors (Lipinski definition) is 3. The summed E-state index contributed by atoms with van der Waals surface area (Å²) in [5, 5.41) is 10.4. The lowest BCUT2D eigenvalue weighted by Crippen LogP contribution is -2.41. The van der Waals surface area contributed by atoms with Crippen LogP contribution in [-0.2, 0) is 17.9 Å². The van der Waals surface area contributed by atoms with Crippen molar-refractivity contribution in [2.75, 3.05) is 6.54 Å². The van der Waals surface area contributed by atoms with Crippen LogP contribution in [0, 0.1) is 0 Å². The van der Waals surface area contributed by atoms with Crippen LogP contribution in [-0.4, -0.2) is 27.8 Å². The first-order chi connectivity index (χ1) is 8.40. The van der Waals surface area contributed by atoms with Crippen LogP contribution in [0.4, 0.5) is 0 Å². The van der Waals surface area contributed by atoms with E-state index in [1.807, 2.05) is 37.8 Å². The molecule has 0 unspecified atom stereocenters. The largest absolute Gasteiger partial charge is 0.351 e. The molecule has 0 saturated carbocycles. The summed E-state index contributed by atoms with van der Waals surface area (Å²) in [6.07, 6.45) is 4.37. The Bertz CT molecular complexity index is 379. The number of aromatic nitrogens is 2. The molecular weight excluding hydrogens is 228 g/mol. The van der Waals surface area contributed by atoms with Crippen molar-refractivity contribution in [3.63, 3.8) is 0 Å². The van der Waals surface area contributed by atoms with E-state index in [0.717, 1.165) is 18.7 Å². The summed E-state index contributed by atoms with van der Waals surface area (Å²) in [5.41, 5.74) is 0.993. The Hall–Kier alpha value is -1.36. The predicted molar refractivity (Wildman–Crippen MR) is 72.1 cm³/mol. The van der Waals surface area contributed by atoms with Crippen LogP contribution in [0.1, 0.15) is 39.7 Å². The van der Waals surface area contributed by atoms with Crippen LogP contribution in [0.2, 0.25) is 0 Å². The molecule has 1 amide bonds. The fourth-order valence-corrected chi connectivity index (χ4v) is 1.59. The molecule has 102 valence electrons. The zero-order chi connectivity index (χ0) is 13.6. The minimum atomic E-state index is -0.153. The summed E-state index contributed by atoms with van der Waals surface area (Å²) in [4.78, 5) is 11.6. The molecule has 0 aliphatic heterocycles. The summed E-state index contributed by atoms with van der Waals surface area (Å²) in [6.45, 7) is 10.3. The number of amides is 1. The first kappa shape index (κ1) is 14.7. The van der Waals surface area contributed by atoms with Crippen molar-refractivity contribution in [3.8, 4) is 0 Å². The summed E-state index contributed by atoms with van der Waals surface area (Å²) < 4.78 is 1.89. The van der Waals surface area contributed by atoms with Gasteiger partial charge in [0.05, 0.1) is 6.20 Å². The van der Waals surface area contributed by atoms with Crippen molar-refractivity contribution >= 4 is 5.91 Å². The van der Waals surface area contributed by atoms with Gasteiger partial charge in [-0.05, 0) is 27.7 Å². The van der Waals surface area contributed by atoms with Crippen molar-refractivity contribution in [3.05, 3.63) is 18.0 Å². The van der Waals surface area contributed by atoms with Gasteiger partial charge in [-0.1, -0.05) is 0 Å². The maximum atomic E-state index is 11.6. The highest BCUT2D eigenvalue weighted by molar-refractivity contribution is 5.76. The van der Waals surface area contributed by atoms with Crippen LogP contribution in [0.15, 0.2) is 12.4 Å². The van der Waals surface area contributed by atoms with Crippen molar-refractivity contribution in [2.24, 2.45) is 0 Å². The number of carbonyl (C=O) groups is 1. The van der Waals surface area contributed by atoms with Crippen LogP contribution in [0.25, 0.3) is 0 Å². The van der Waals surface area contributed by atoms with Crippen LogP contribution >= 0.6 is 0 Å². The van der Waals surface area contributed by atoms with Crippen molar-refractivity contribution in [1.29, 1.82) is 0 Å². The number of aryl methyl sites for hydroxylation is 1. The van der Waals surface area contributed by atoms with Gasteiger partial charge < -0.3 is 10.6 Å². The lowest BCUT2D eigenvalue weighted by atomic mass is 10.1. The Morgan fingerprint density at radius 3 is 2.72 bits per heavy atom. The molecule has 0 atom stereocenters. The van der Waals surface area contributed by atoms with Crippen LogP contribution in [0.5, 0.6) is 0 Å². The lowest BCUT2D eigenvalue weighted by molar-refractivity contribution is -0.122. The average Bonchev–Trinajstić information content (AvgIpc) is 2.70. The van der Waals surface area contributed by atoms with Crippen molar-refractivity contribution in [1.82, 2.24) is 20.4 Å². The topological polar surface area (TPSA) is 59.0 Å². The summed E-state index contributed by atoms with van der Waals surface area (Å²) in [6, 6.07) is 0. The monoisotopic (exact) mass is 252 g/mol. The number of carbonyl (C=O) groups excluding carboxylic acids is 1. The second kappa shape index (κ2) is 6.54. The van der Waals surface area contributed by atoms with E-state index in [9.17, 15) is 4.79 Å². The normalized spacial score (nSPS) is 11.6. The van der Waals surface area contributed by atoms with E-state index in [1.54, 1.807) is 0 Å². The lowest BCUT2D eigenvalue weighted by Gasteiger charge is -2.20. The summed E-state index contributed by atoms with van der Waals surface area (Å²) >= 11 is 0. The molecular formula is C13H24N4O. The maximum Gasteiger partial charge on any atom is 0.221 e. The number of rotatable bonds is 6. The van der Waals surface area contributed by atoms with Gasteiger partial charge in [0.1, 0.15) is 0 Å². The zero-order valence-corrected chi connectivity index (χ0v) is 11.8. The molecule has 0 aliphatic carbocycles. The van der Waals surface area contributed by atoms with Crippen molar-refractivity contribution in [2.45, 2.75) is 52.7 Å². The third-order valence-corrected chi connectivity index (χ3v) is 2.38. The van der Waals surface area contributed by atoms with Gasteiger partial charge in [-0.25, -0.2) is 0 Å². The first-order valence-electron chi connectivity index (χ1n) is 6.44. The molecule has 0 aliphatic rings. The SMILES string of the molecule is CCn1cc(CNCCC(=O)NC(C)(C)C)cn1. The molecule has 18 heavy (non-hydrogen) atoms. The minimum Gasteiger partial charge on any atom is -0.351 e. The highest BCUT2D eigenvalue weighted by Crippen LogP contribution is 1.99. The Morgan fingerprint density at radius 1 is 1.44 bits per heavy atom. The Labute approximate surface area is 109 Å². The van der Waals surface area contributed by atoms with Gasteiger partial charge in [-0.15, -0.1) is 0 Å². The molecule has 0 saturated heterocycles. The van der Waals surface area contributed by atoms with Gasteiger partial charge in [0.15, 0.2) is 0 Å². The second-order valence-corrected chi connectivity index (χ2v) is 5.43. The molecule has 1 aromatic rings. The maximum absolute atomic E-state index is 11.6. The minimum absolute atomic E-state index is 0.0826. The second-order valence-electron chi connectivity index (χ2n) is 5.43. The first-order valence-corrected chi connectivity index (χ1v) is 6.44. The van der Waals surface area contributed by atoms with Crippen LogP contribution in [0.3, 0.4) is 0 Å². The van der Waals surface area contributed by atoms with E-state index in [1.165, 1.54) is 0 Å². The number of nitrogens with zero attached hydrogens (tertiary/aromatic N) is 2. The standard InChI is InChI=1S/C13H24N4O/c1-5-17-10-11(9-15-17)8-14-7-6-12(18)16-13(2,3)4/h9-10,14H,5-8H2,1-4H3,(H,16,18). The van der Waals surface area contributed by atoms with E-state index in [2.05, 4.69) is 22.7 Å². The van der Waals surface area contributed by atoms with E-state index in [4.69, 9.17) is 0 Å². The van der Waals surface area contributed by atoms with E-state index in [-0.39, 0.29) is 11.4 Å². The molecule has 0 spiro atoms. The molecule has 1 rings (SSSR count). The van der Waals surface area contributed by atoms with Gasteiger partial charge in [-0.2, -0.15) is 5.10 Å². The third-order valence-electron chi connectivity index (χ3n) is 2.38. The van der Waals surface area contributed by atoms with Gasteiger partial charge >= 0.3 is 0 Å². The molecule has 1 heterocycles. The molecule has 0 aromatic carbocycles. The molecule has 0 bridgehead atoms. The molecule has 2 N–H and O–H groups in total. The Balaban J connectivity index is 2.17. The van der Waals surface area contributed by atoms with Gasteiger partial charge in [0.2, 0.25) is 5.91 Å². The number of hydrogen-bond donors (Lipinski definition) is 2. The molecule has 0 radical (unpaired) electrons. The molecule has 5 heteroatoms. The fraction of sp³-hybridized carbons (Fsp3) is 0.692. The van der Waals surface area contributed by atoms with Gasteiger partial charge in [0.25, 0.3) is 0 Å². The highest BCUT2D eigenvalue weighted by atomic mass is 16.1. The van der Waals surface area contributed by atoms with Crippen molar-refractivity contribution < 1.29 is 4.79 Å². The summed E-state index contributed by atoms with van der Waals surface area (Å²) in [5.74, 6) is 0.0826. The average molecular weight is 252 g/mol. The Morgan fingerprint density at radius 2 is 2.17 bits per heavy atom. The third kappa shape index (κ3) is 5.82. The quantitative estimate of drug-likeness (QED) is 0.750. The van der Waals surface area contributed by atoms with E-state index in [0.29, 0.717) is 13.0 Å². The number of nitrogens with one attached hydrogen (secondary N) is 2. The molecule has 5 nitrogen and oxygen atoms in total. The smallest absolute Gasteiger partial charge is 0.221 e. The van der Waals surface area contributed by atoms with E-state index >= 15 is 0 Å². The predicted octanol–water partition coefficient (Wildman–Crippen LogP) is 1.30. The molecule has 1 aromatic heterocycles. The van der Waals surface area contributed by atoms with Gasteiger partial charge in [0, 0.05) is 43.4 Å². The van der Waals surface area contributed by atoms with Crippen LogP contribution < -0.4 is 10.6 Å². The zero-order valence-electron chi connectivity index (χ0n) is 11.8.